The van der Waals surface area contributed by atoms with E-state index in [1.54, 1.807) is 7.05 Å². The zero-order valence-corrected chi connectivity index (χ0v) is 14.9. The lowest BCUT2D eigenvalue weighted by atomic mass is 10.2. The quantitative estimate of drug-likeness (QED) is 0.570. The zero-order valence-electron chi connectivity index (χ0n) is 14.9. The molecule has 6 heteroatoms. The molecule has 0 aliphatic carbocycles. The van der Waals surface area contributed by atoms with Gasteiger partial charge >= 0.3 is 5.69 Å². The standard InChI is InChI=1S/C20H19N3O3/c1-21-16-10-9-14(26-12-13-7-5-4-6-8-13)11-15(16)17-18(21)19(24)23(3)20(25)22(17)2/h4-11H,12H2,1-3H3. The van der Waals surface area contributed by atoms with Gasteiger partial charge in [-0.05, 0) is 23.8 Å². The van der Waals surface area contributed by atoms with E-state index in [0.29, 0.717) is 23.4 Å². The fraction of sp³-hybridized carbons (Fsp3) is 0.200. The fourth-order valence-corrected chi connectivity index (χ4v) is 3.39. The fourth-order valence-electron chi connectivity index (χ4n) is 3.39. The number of aromatic nitrogens is 3. The molecule has 0 spiro atoms. The van der Waals surface area contributed by atoms with Crippen LogP contribution in [-0.4, -0.2) is 13.7 Å². The molecule has 0 saturated heterocycles. The number of hydrogen-bond donors (Lipinski definition) is 0. The topological polar surface area (TPSA) is 58.2 Å². The third-order valence-electron chi connectivity index (χ3n) is 4.81. The van der Waals surface area contributed by atoms with Crippen LogP contribution in [0.15, 0.2) is 58.1 Å². The van der Waals surface area contributed by atoms with Crippen molar-refractivity contribution >= 4 is 21.9 Å². The van der Waals surface area contributed by atoms with Crippen LogP contribution in [0.2, 0.25) is 0 Å². The predicted molar refractivity (Wildman–Crippen MR) is 102 cm³/mol. The van der Waals surface area contributed by atoms with Crippen LogP contribution in [0.1, 0.15) is 5.56 Å². The van der Waals surface area contributed by atoms with Gasteiger partial charge in [-0.25, -0.2) is 4.79 Å². The van der Waals surface area contributed by atoms with Gasteiger partial charge in [-0.1, -0.05) is 30.3 Å². The first-order chi connectivity index (χ1) is 12.5. The summed E-state index contributed by atoms with van der Waals surface area (Å²) in [7, 11) is 5.01. The van der Waals surface area contributed by atoms with Crippen LogP contribution in [-0.2, 0) is 27.7 Å². The van der Waals surface area contributed by atoms with Crippen molar-refractivity contribution in [2.24, 2.45) is 21.1 Å². The second-order valence-corrected chi connectivity index (χ2v) is 6.42. The van der Waals surface area contributed by atoms with Gasteiger partial charge in [0, 0.05) is 26.5 Å². The second-order valence-electron chi connectivity index (χ2n) is 6.42. The Morgan fingerprint density at radius 3 is 2.31 bits per heavy atom. The minimum atomic E-state index is -0.342. The van der Waals surface area contributed by atoms with E-state index in [4.69, 9.17) is 4.74 Å². The average Bonchev–Trinajstić information content (AvgIpc) is 2.96. The highest BCUT2D eigenvalue weighted by Crippen LogP contribution is 2.29. The summed E-state index contributed by atoms with van der Waals surface area (Å²) in [6.07, 6.45) is 0. The molecule has 4 aromatic rings. The number of rotatable bonds is 3. The lowest BCUT2D eigenvalue weighted by Gasteiger charge is -2.07. The molecule has 0 N–H and O–H groups in total. The Kier molecular flexibility index (Phi) is 3.68. The van der Waals surface area contributed by atoms with E-state index >= 15 is 0 Å². The summed E-state index contributed by atoms with van der Waals surface area (Å²) in [5.41, 5.74) is 2.45. The van der Waals surface area contributed by atoms with Gasteiger partial charge in [0.2, 0.25) is 0 Å². The summed E-state index contributed by atoms with van der Waals surface area (Å²) in [6.45, 7) is 0.456. The number of aryl methyl sites for hydroxylation is 2. The highest BCUT2D eigenvalue weighted by Gasteiger charge is 2.17. The van der Waals surface area contributed by atoms with E-state index in [2.05, 4.69) is 0 Å². The second kappa shape index (κ2) is 5.91. The molecule has 0 fully saturated rings. The highest BCUT2D eigenvalue weighted by atomic mass is 16.5. The van der Waals surface area contributed by atoms with Gasteiger partial charge in [0.15, 0.2) is 0 Å². The Morgan fingerprint density at radius 2 is 1.58 bits per heavy atom. The number of fused-ring (bicyclic) bond motifs is 3. The molecule has 0 bridgehead atoms. The molecule has 2 aromatic heterocycles. The van der Waals surface area contributed by atoms with E-state index < -0.39 is 0 Å². The summed E-state index contributed by atoms with van der Waals surface area (Å²) in [6, 6.07) is 15.6. The summed E-state index contributed by atoms with van der Waals surface area (Å²) < 4.78 is 10.4. The number of hydrogen-bond acceptors (Lipinski definition) is 3. The van der Waals surface area contributed by atoms with Crippen LogP contribution < -0.4 is 16.0 Å². The molecular weight excluding hydrogens is 330 g/mol. The van der Waals surface area contributed by atoms with Gasteiger partial charge in [-0.3, -0.25) is 13.9 Å². The van der Waals surface area contributed by atoms with Crippen molar-refractivity contribution in [3.8, 4) is 5.75 Å². The smallest absolute Gasteiger partial charge is 0.331 e. The van der Waals surface area contributed by atoms with E-state index in [9.17, 15) is 9.59 Å². The summed E-state index contributed by atoms with van der Waals surface area (Å²) in [4.78, 5) is 24.9. The van der Waals surface area contributed by atoms with Gasteiger partial charge in [0.1, 0.15) is 17.9 Å². The first-order valence-corrected chi connectivity index (χ1v) is 8.34. The molecule has 0 atom stereocenters. The number of benzene rings is 2. The van der Waals surface area contributed by atoms with E-state index in [1.807, 2.05) is 60.1 Å². The van der Waals surface area contributed by atoms with Crippen LogP contribution in [0, 0.1) is 0 Å². The lowest BCUT2D eigenvalue weighted by Crippen LogP contribution is -2.37. The molecule has 0 saturated carbocycles. The Morgan fingerprint density at radius 1 is 0.846 bits per heavy atom. The first kappa shape index (κ1) is 16.2. The Balaban J connectivity index is 1.89. The van der Waals surface area contributed by atoms with Crippen molar-refractivity contribution in [2.75, 3.05) is 0 Å². The zero-order chi connectivity index (χ0) is 18.4. The minimum Gasteiger partial charge on any atom is -0.489 e. The maximum Gasteiger partial charge on any atom is 0.331 e. The Bertz CT molecular complexity index is 1250. The summed E-state index contributed by atoms with van der Waals surface area (Å²) >= 11 is 0. The van der Waals surface area contributed by atoms with E-state index in [-0.39, 0.29) is 11.2 Å². The largest absolute Gasteiger partial charge is 0.489 e. The van der Waals surface area contributed by atoms with Crippen LogP contribution in [0.4, 0.5) is 0 Å². The molecule has 0 amide bonds. The van der Waals surface area contributed by atoms with Crippen molar-refractivity contribution < 1.29 is 4.74 Å². The lowest BCUT2D eigenvalue weighted by molar-refractivity contribution is 0.306. The summed E-state index contributed by atoms with van der Waals surface area (Å²) in [5.74, 6) is 0.696. The molecule has 0 aliphatic heterocycles. The van der Waals surface area contributed by atoms with Crippen molar-refractivity contribution in [1.29, 1.82) is 0 Å². The Hall–Kier alpha value is -3.28. The van der Waals surface area contributed by atoms with Gasteiger partial charge < -0.3 is 9.30 Å². The molecular formula is C20H19N3O3. The van der Waals surface area contributed by atoms with E-state index in [0.717, 1.165) is 21.0 Å². The molecule has 26 heavy (non-hydrogen) atoms. The van der Waals surface area contributed by atoms with E-state index in [1.165, 1.54) is 11.6 Å². The molecule has 4 rings (SSSR count). The highest BCUT2D eigenvalue weighted by molar-refractivity contribution is 6.06. The maximum absolute atomic E-state index is 12.6. The van der Waals surface area contributed by atoms with Crippen molar-refractivity contribution in [3.63, 3.8) is 0 Å². The maximum atomic E-state index is 12.6. The van der Waals surface area contributed by atoms with Gasteiger partial charge in [0.25, 0.3) is 5.56 Å². The first-order valence-electron chi connectivity index (χ1n) is 8.34. The van der Waals surface area contributed by atoms with Crippen molar-refractivity contribution in [3.05, 3.63) is 74.9 Å². The van der Waals surface area contributed by atoms with Crippen LogP contribution in [0.5, 0.6) is 5.75 Å². The monoisotopic (exact) mass is 349 g/mol. The van der Waals surface area contributed by atoms with Gasteiger partial charge in [0.05, 0.1) is 11.0 Å². The van der Waals surface area contributed by atoms with Crippen LogP contribution in [0.25, 0.3) is 21.9 Å². The van der Waals surface area contributed by atoms with Gasteiger partial charge in [-0.15, -0.1) is 0 Å². The van der Waals surface area contributed by atoms with Crippen molar-refractivity contribution in [2.45, 2.75) is 6.61 Å². The van der Waals surface area contributed by atoms with Crippen molar-refractivity contribution in [1.82, 2.24) is 13.7 Å². The van der Waals surface area contributed by atoms with Gasteiger partial charge in [-0.2, -0.15) is 0 Å². The molecule has 6 nitrogen and oxygen atoms in total. The molecule has 0 aliphatic rings. The number of nitrogens with zero attached hydrogens (tertiary/aromatic N) is 3. The molecule has 132 valence electrons. The Labute approximate surface area is 149 Å². The SMILES string of the molecule is Cn1c(=O)c2c(c3cc(OCc4ccccc4)ccc3n2C)n(C)c1=O. The normalized spacial score (nSPS) is 11.3. The molecule has 0 radical (unpaired) electrons. The minimum absolute atomic E-state index is 0.298. The van der Waals surface area contributed by atoms with Crippen LogP contribution >= 0.6 is 0 Å². The molecule has 2 heterocycles. The third-order valence-corrected chi connectivity index (χ3v) is 4.81. The number of ether oxygens (including phenoxy) is 1. The molecule has 2 aromatic carbocycles. The average molecular weight is 349 g/mol. The third kappa shape index (κ3) is 2.34. The molecule has 0 unspecified atom stereocenters. The predicted octanol–water partition coefficient (Wildman–Crippen LogP) is 2.31. The van der Waals surface area contributed by atoms with Crippen LogP contribution in [0.3, 0.4) is 0 Å². The summed E-state index contributed by atoms with van der Waals surface area (Å²) in [5, 5.41) is 0.824.